The van der Waals surface area contributed by atoms with E-state index in [0.717, 1.165) is 23.2 Å². The first-order valence-corrected chi connectivity index (χ1v) is 10.7. The molecule has 33 heavy (non-hydrogen) atoms. The second kappa shape index (κ2) is 10.0. The van der Waals surface area contributed by atoms with Gasteiger partial charge in [-0.2, -0.15) is 0 Å². The van der Waals surface area contributed by atoms with Crippen LogP contribution in [0.1, 0.15) is 33.3 Å². The van der Waals surface area contributed by atoms with E-state index in [-0.39, 0.29) is 23.2 Å². The van der Waals surface area contributed by atoms with E-state index in [1.165, 1.54) is 12.1 Å². The van der Waals surface area contributed by atoms with Gasteiger partial charge in [0.15, 0.2) is 0 Å². The van der Waals surface area contributed by atoms with Crippen LogP contribution in [0.25, 0.3) is 0 Å². The highest BCUT2D eigenvalue weighted by Crippen LogP contribution is 2.24. The molecule has 0 aliphatic carbocycles. The summed E-state index contributed by atoms with van der Waals surface area (Å²) in [6.45, 7) is 9.46. The van der Waals surface area contributed by atoms with E-state index in [9.17, 15) is 18.0 Å². The molecule has 1 N–H and O–H groups in total. The van der Waals surface area contributed by atoms with Crippen LogP contribution in [0, 0.1) is 5.41 Å². The number of rotatable bonds is 6. The molecular formula is C23H28BF3N2O4. The van der Waals surface area contributed by atoms with Crippen LogP contribution in [0.4, 0.5) is 23.7 Å². The SMILES string of the molecule is CC(C)N(Cc1cccc(B2OCC(C)(C)CO2)c1)C(=O)Nc1ccc(OC(F)(F)F)cc1. The molecule has 2 aromatic rings. The van der Waals surface area contributed by atoms with Crippen LogP contribution < -0.4 is 15.5 Å². The maximum atomic E-state index is 12.9. The highest BCUT2D eigenvalue weighted by Gasteiger charge is 2.33. The third-order valence-electron chi connectivity index (χ3n) is 5.05. The first kappa shape index (κ1) is 24.9. The van der Waals surface area contributed by atoms with E-state index < -0.39 is 13.5 Å². The lowest BCUT2D eigenvalue weighted by atomic mass is 9.75. The van der Waals surface area contributed by atoms with Crippen molar-refractivity contribution in [3.05, 3.63) is 54.1 Å². The Labute approximate surface area is 192 Å². The molecule has 178 valence electrons. The summed E-state index contributed by atoms with van der Waals surface area (Å²) in [4.78, 5) is 14.5. The molecule has 0 bridgehead atoms. The van der Waals surface area contributed by atoms with Crippen molar-refractivity contribution < 1.29 is 32.0 Å². The summed E-state index contributed by atoms with van der Waals surface area (Å²) in [5.74, 6) is -0.353. The van der Waals surface area contributed by atoms with Crippen LogP contribution in [0.15, 0.2) is 48.5 Å². The van der Waals surface area contributed by atoms with Gasteiger partial charge >= 0.3 is 19.5 Å². The third-order valence-corrected chi connectivity index (χ3v) is 5.05. The van der Waals surface area contributed by atoms with Crippen molar-refractivity contribution in [1.82, 2.24) is 4.90 Å². The number of ether oxygens (including phenoxy) is 1. The fourth-order valence-corrected chi connectivity index (χ4v) is 3.34. The Morgan fingerprint density at radius 3 is 2.36 bits per heavy atom. The van der Waals surface area contributed by atoms with Gasteiger partial charge in [-0.25, -0.2) is 4.79 Å². The molecule has 2 aromatic carbocycles. The van der Waals surface area contributed by atoms with Crippen LogP contribution in [0.3, 0.4) is 0 Å². The molecule has 0 radical (unpaired) electrons. The Kier molecular flexibility index (Phi) is 7.59. The van der Waals surface area contributed by atoms with Crippen LogP contribution >= 0.6 is 0 Å². The minimum Gasteiger partial charge on any atom is -0.407 e. The Balaban J connectivity index is 1.65. The molecule has 1 heterocycles. The molecule has 0 unspecified atom stereocenters. The van der Waals surface area contributed by atoms with Crippen LogP contribution in [0.5, 0.6) is 5.75 Å². The summed E-state index contributed by atoms with van der Waals surface area (Å²) >= 11 is 0. The Morgan fingerprint density at radius 2 is 1.79 bits per heavy atom. The lowest BCUT2D eigenvalue weighted by Gasteiger charge is -2.33. The Bertz CT molecular complexity index is 941. The van der Waals surface area contributed by atoms with E-state index >= 15 is 0 Å². The first-order chi connectivity index (χ1) is 15.4. The van der Waals surface area contributed by atoms with Gasteiger partial charge in [0.25, 0.3) is 0 Å². The largest absolute Gasteiger partial charge is 0.573 e. The Morgan fingerprint density at radius 1 is 1.15 bits per heavy atom. The number of hydrogen-bond acceptors (Lipinski definition) is 4. The lowest BCUT2D eigenvalue weighted by Crippen LogP contribution is -2.47. The molecule has 0 aromatic heterocycles. The number of hydrogen-bond donors (Lipinski definition) is 1. The molecule has 1 saturated heterocycles. The summed E-state index contributed by atoms with van der Waals surface area (Å²) in [7, 11) is -0.447. The van der Waals surface area contributed by atoms with Crippen molar-refractivity contribution in [3.63, 3.8) is 0 Å². The maximum absolute atomic E-state index is 12.9. The second-order valence-corrected chi connectivity index (χ2v) is 9.09. The molecule has 6 nitrogen and oxygen atoms in total. The molecule has 2 amide bonds. The summed E-state index contributed by atoms with van der Waals surface area (Å²) < 4.78 is 52.5. The molecule has 0 saturated carbocycles. The van der Waals surface area contributed by atoms with Crippen molar-refractivity contribution in [2.24, 2.45) is 5.41 Å². The van der Waals surface area contributed by atoms with E-state index in [1.807, 2.05) is 38.1 Å². The van der Waals surface area contributed by atoms with E-state index in [1.54, 1.807) is 4.90 Å². The van der Waals surface area contributed by atoms with E-state index in [2.05, 4.69) is 23.9 Å². The minimum atomic E-state index is -4.77. The van der Waals surface area contributed by atoms with Crippen molar-refractivity contribution in [3.8, 4) is 5.75 Å². The number of amides is 2. The third kappa shape index (κ3) is 7.40. The van der Waals surface area contributed by atoms with Crippen molar-refractivity contribution >= 4 is 24.3 Å². The monoisotopic (exact) mass is 464 g/mol. The first-order valence-electron chi connectivity index (χ1n) is 10.7. The highest BCUT2D eigenvalue weighted by molar-refractivity contribution is 6.61. The second-order valence-electron chi connectivity index (χ2n) is 9.09. The van der Waals surface area contributed by atoms with E-state index in [0.29, 0.717) is 25.4 Å². The van der Waals surface area contributed by atoms with Gasteiger partial charge in [-0.3, -0.25) is 0 Å². The summed E-state index contributed by atoms with van der Waals surface area (Å²) in [6.07, 6.45) is -4.77. The van der Waals surface area contributed by atoms with Gasteiger partial charge in [-0.05, 0) is 49.1 Å². The summed E-state index contributed by atoms with van der Waals surface area (Å²) in [6, 6.07) is 12.2. The number of carbonyl (C=O) groups excluding carboxylic acids is 1. The molecule has 0 spiro atoms. The molecule has 1 aliphatic heterocycles. The average molecular weight is 464 g/mol. The normalized spacial score (nSPS) is 15.9. The number of anilines is 1. The summed E-state index contributed by atoms with van der Waals surface area (Å²) in [5, 5.41) is 2.72. The van der Waals surface area contributed by atoms with Crippen LogP contribution in [-0.2, 0) is 15.9 Å². The minimum absolute atomic E-state index is 0.0300. The van der Waals surface area contributed by atoms with Crippen molar-refractivity contribution in [2.45, 2.75) is 46.6 Å². The standard InChI is InChI=1S/C23H28BF3N2O4/c1-16(2)29(21(30)28-19-8-10-20(11-9-19)33-23(25,26)27)13-17-6-5-7-18(12-17)24-31-14-22(3,4)15-32-24/h5-12,16H,13-15H2,1-4H3,(H,28,30). The maximum Gasteiger partial charge on any atom is 0.573 e. The fourth-order valence-electron chi connectivity index (χ4n) is 3.34. The number of benzene rings is 2. The quantitative estimate of drug-likeness (QED) is 0.625. The zero-order chi connectivity index (χ0) is 24.2. The van der Waals surface area contributed by atoms with Gasteiger partial charge in [0.2, 0.25) is 0 Å². The van der Waals surface area contributed by atoms with E-state index in [4.69, 9.17) is 9.31 Å². The van der Waals surface area contributed by atoms with Crippen molar-refractivity contribution in [1.29, 1.82) is 0 Å². The van der Waals surface area contributed by atoms with Gasteiger partial charge in [-0.15, -0.1) is 13.2 Å². The number of alkyl halides is 3. The number of nitrogens with one attached hydrogen (secondary N) is 1. The van der Waals surface area contributed by atoms with Gasteiger partial charge in [0.1, 0.15) is 5.75 Å². The molecule has 3 rings (SSSR count). The number of halogens is 3. The predicted molar refractivity (Wildman–Crippen MR) is 120 cm³/mol. The lowest BCUT2D eigenvalue weighted by molar-refractivity contribution is -0.274. The zero-order valence-electron chi connectivity index (χ0n) is 19.1. The predicted octanol–water partition coefficient (Wildman–Crippen LogP) is 4.80. The van der Waals surface area contributed by atoms with Crippen LogP contribution in [-0.4, -0.2) is 43.7 Å². The van der Waals surface area contributed by atoms with Gasteiger partial charge in [0, 0.05) is 36.9 Å². The average Bonchev–Trinajstić information content (AvgIpc) is 2.72. The Hall–Kier alpha value is -2.72. The van der Waals surface area contributed by atoms with Gasteiger partial charge in [-0.1, -0.05) is 38.1 Å². The van der Waals surface area contributed by atoms with Gasteiger partial charge < -0.3 is 24.3 Å². The van der Waals surface area contributed by atoms with Crippen molar-refractivity contribution in [2.75, 3.05) is 18.5 Å². The van der Waals surface area contributed by atoms with Crippen LogP contribution in [0.2, 0.25) is 0 Å². The van der Waals surface area contributed by atoms with Gasteiger partial charge in [0.05, 0.1) is 0 Å². The topological polar surface area (TPSA) is 60.0 Å². The number of urea groups is 1. The molecule has 1 aliphatic rings. The molecule has 1 fully saturated rings. The summed E-state index contributed by atoms with van der Waals surface area (Å²) in [5.41, 5.74) is 2.12. The molecule has 0 atom stereocenters. The number of nitrogens with zero attached hydrogens (tertiary/aromatic N) is 1. The smallest absolute Gasteiger partial charge is 0.407 e. The molecule has 10 heteroatoms. The number of carbonyl (C=O) groups is 1. The highest BCUT2D eigenvalue weighted by atomic mass is 19.4. The molecular weight excluding hydrogens is 436 g/mol. The fraction of sp³-hybridized carbons (Fsp3) is 0.435. The zero-order valence-corrected chi connectivity index (χ0v) is 19.1.